The zero-order valence-electron chi connectivity index (χ0n) is 16.0. The molecule has 0 radical (unpaired) electrons. The normalized spacial score (nSPS) is 11.9. The molecular weight excluding hydrogens is 411 g/mol. The average Bonchev–Trinajstić information content (AvgIpc) is 2.92. The van der Waals surface area contributed by atoms with Crippen LogP contribution in [-0.2, 0) is 6.54 Å². The summed E-state index contributed by atoms with van der Waals surface area (Å²) in [6.45, 7) is 6.61. The summed E-state index contributed by atoms with van der Waals surface area (Å²) >= 11 is 17.8. The van der Waals surface area contributed by atoms with Crippen molar-refractivity contribution in [3.8, 4) is 0 Å². The molecule has 0 amide bonds. The highest BCUT2D eigenvalue weighted by Gasteiger charge is 2.15. The van der Waals surface area contributed by atoms with Crippen molar-refractivity contribution in [2.45, 2.75) is 33.4 Å². The summed E-state index contributed by atoms with van der Waals surface area (Å²) in [6, 6.07) is 15.8. The Hall–Kier alpha value is -2.08. The number of nitrogens with zero attached hydrogens (tertiary/aromatic N) is 2. The summed E-state index contributed by atoms with van der Waals surface area (Å²) in [5.74, 6) is 0. The lowest BCUT2D eigenvalue weighted by Gasteiger charge is -2.17. The molecule has 0 saturated heterocycles. The van der Waals surface area contributed by atoms with Gasteiger partial charge in [-0.25, -0.2) is 0 Å². The van der Waals surface area contributed by atoms with E-state index in [1.807, 2.05) is 48.9 Å². The Morgan fingerprint density at radius 2 is 1.86 bits per heavy atom. The van der Waals surface area contributed by atoms with Crippen molar-refractivity contribution in [1.82, 2.24) is 15.1 Å². The van der Waals surface area contributed by atoms with Crippen LogP contribution in [0.4, 0.5) is 5.69 Å². The van der Waals surface area contributed by atoms with Gasteiger partial charge in [-0.2, -0.15) is 5.10 Å². The van der Waals surface area contributed by atoms with E-state index in [0.717, 1.165) is 22.6 Å². The molecule has 1 heterocycles. The second kappa shape index (κ2) is 8.95. The highest BCUT2D eigenvalue weighted by atomic mass is 35.5. The molecule has 2 N–H and O–H groups in total. The summed E-state index contributed by atoms with van der Waals surface area (Å²) < 4.78 is 1.91. The van der Waals surface area contributed by atoms with E-state index in [1.165, 1.54) is 5.56 Å². The Morgan fingerprint density at radius 1 is 1.14 bits per heavy atom. The predicted molar refractivity (Wildman–Crippen MR) is 121 cm³/mol. The molecule has 1 aromatic heterocycles. The molecule has 0 fully saturated rings. The minimum absolute atomic E-state index is 0.102. The van der Waals surface area contributed by atoms with Crippen LogP contribution >= 0.6 is 35.4 Å². The summed E-state index contributed by atoms with van der Waals surface area (Å²) in [6.07, 6.45) is 0. The van der Waals surface area contributed by atoms with Crippen molar-refractivity contribution in [2.24, 2.45) is 0 Å². The van der Waals surface area contributed by atoms with E-state index in [9.17, 15) is 0 Å². The van der Waals surface area contributed by atoms with E-state index in [2.05, 4.69) is 34.8 Å². The van der Waals surface area contributed by atoms with Gasteiger partial charge in [0.1, 0.15) is 0 Å². The van der Waals surface area contributed by atoms with Crippen molar-refractivity contribution in [3.63, 3.8) is 0 Å². The predicted octanol–water partition coefficient (Wildman–Crippen LogP) is 5.90. The molecular formula is C21H22Cl2N4S. The van der Waals surface area contributed by atoms with E-state index in [4.69, 9.17) is 35.4 Å². The zero-order valence-corrected chi connectivity index (χ0v) is 18.3. The van der Waals surface area contributed by atoms with Gasteiger partial charge in [-0.15, -0.1) is 0 Å². The Balaban J connectivity index is 1.72. The number of benzene rings is 2. The topological polar surface area (TPSA) is 41.9 Å². The van der Waals surface area contributed by atoms with E-state index < -0.39 is 0 Å². The van der Waals surface area contributed by atoms with Gasteiger partial charge in [0.05, 0.1) is 29.7 Å². The second-order valence-electron chi connectivity index (χ2n) is 6.67. The lowest BCUT2D eigenvalue weighted by atomic mass is 10.1. The fraction of sp³-hybridized carbons (Fsp3) is 0.238. The van der Waals surface area contributed by atoms with Crippen molar-refractivity contribution >= 4 is 46.2 Å². The molecule has 3 rings (SSSR count). The van der Waals surface area contributed by atoms with Gasteiger partial charge in [0, 0.05) is 10.0 Å². The largest absolute Gasteiger partial charge is 0.356 e. The Bertz CT molecular complexity index is 986. The maximum Gasteiger partial charge on any atom is 0.171 e. The summed E-state index contributed by atoms with van der Waals surface area (Å²) in [4.78, 5) is 0. The number of aryl methyl sites for hydroxylation is 1. The van der Waals surface area contributed by atoms with Gasteiger partial charge >= 0.3 is 0 Å². The molecule has 0 aliphatic carbocycles. The Morgan fingerprint density at radius 3 is 2.54 bits per heavy atom. The van der Waals surface area contributed by atoms with Gasteiger partial charge in [-0.05, 0) is 56.2 Å². The maximum absolute atomic E-state index is 6.31. The molecule has 3 aromatic rings. The highest BCUT2D eigenvalue weighted by molar-refractivity contribution is 7.80. The van der Waals surface area contributed by atoms with E-state index in [1.54, 1.807) is 6.07 Å². The zero-order chi connectivity index (χ0) is 20.3. The lowest BCUT2D eigenvalue weighted by molar-refractivity contribution is 0.659. The van der Waals surface area contributed by atoms with Crippen LogP contribution in [0.1, 0.15) is 35.5 Å². The molecule has 0 spiro atoms. The number of anilines is 1. The highest BCUT2D eigenvalue weighted by Crippen LogP contribution is 2.25. The van der Waals surface area contributed by atoms with Crippen LogP contribution in [0.2, 0.25) is 10.0 Å². The molecule has 0 saturated carbocycles. The van der Waals surface area contributed by atoms with Crippen molar-refractivity contribution in [2.75, 3.05) is 5.32 Å². The fourth-order valence-electron chi connectivity index (χ4n) is 3.01. The second-order valence-corrected chi connectivity index (χ2v) is 7.92. The molecule has 2 aromatic carbocycles. The van der Waals surface area contributed by atoms with E-state index >= 15 is 0 Å². The number of halogens is 2. The number of nitrogens with one attached hydrogen (secondary N) is 2. The minimum atomic E-state index is 0.102. The third-order valence-corrected chi connectivity index (χ3v) is 5.41. The number of hydrogen-bond acceptors (Lipinski definition) is 2. The van der Waals surface area contributed by atoms with Crippen LogP contribution in [0.25, 0.3) is 0 Å². The number of hydrogen-bond donors (Lipinski definition) is 2. The summed E-state index contributed by atoms with van der Waals surface area (Å²) in [5, 5.41) is 13.1. The molecule has 4 nitrogen and oxygen atoms in total. The Kier molecular flexibility index (Phi) is 6.60. The Labute approximate surface area is 180 Å². The van der Waals surface area contributed by atoms with Crippen molar-refractivity contribution in [1.29, 1.82) is 0 Å². The van der Waals surface area contributed by atoms with Crippen LogP contribution in [0, 0.1) is 13.8 Å². The number of rotatable bonds is 5. The van der Waals surface area contributed by atoms with Gasteiger partial charge in [0.2, 0.25) is 0 Å². The van der Waals surface area contributed by atoms with Gasteiger partial charge < -0.3 is 10.6 Å². The quantitative estimate of drug-likeness (QED) is 0.492. The smallest absolute Gasteiger partial charge is 0.171 e. The summed E-state index contributed by atoms with van der Waals surface area (Å²) in [5.41, 5.74) is 4.90. The van der Waals surface area contributed by atoms with Crippen LogP contribution in [0.5, 0.6) is 0 Å². The number of thiocarbonyl (C=S) groups is 1. The average molecular weight is 433 g/mol. The first-order valence-corrected chi connectivity index (χ1v) is 10.1. The van der Waals surface area contributed by atoms with Crippen LogP contribution in [-0.4, -0.2) is 14.9 Å². The molecule has 0 bridgehead atoms. The van der Waals surface area contributed by atoms with Gasteiger partial charge in [0.15, 0.2) is 5.11 Å². The van der Waals surface area contributed by atoms with Gasteiger partial charge in [-0.1, -0.05) is 59.6 Å². The van der Waals surface area contributed by atoms with Crippen molar-refractivity contribution in [3.05, 3.63) is 81.1 Å². The molecule has 7 heteroatoms. The fourth-order valence-corrected chi connectivity index (χ4v) is 3.76. The number of aromatic nitrogens is 2. The summed E-state index contributed by atoms with van der Waals surface area (Å²) in [7, 11) is 0. The lowest BCUT2D eigenvalue weighted by Crippen LogP contribution is -2.31. The molecule has 146 valence electrons. The first-order chi connectivity index (χ1) is 13.3. The molecule has 1 unspecified atom stereocenters. The maximum atomic E-state index is 6.31. The first-order valence-electron chi connectivity index (χ1n) is 8.95. The molecule has 28 heavy (non-hydrogen) atoms. The van der Waals surface area contributed by atoms with Gasteiger partial charge in [-0.3, -0.25) is 4.68 Å². The third-order valence-electron chi connectivity index (χ3n) is 4.60. The minimum Gasteiger partial charge on any atom is -0.356 e. The first kappa shape index (κ1) is 20.6. The molecule has 0 aliphatic heterocycles. The monoisotopic (exact) mass is 432 g/mol. The van der Waals surface area contributed by atoms with E-state index in [-0.39, 0.29) is 6.04 Å². The SMILES string of the molecule is Cc1nn(Cc2ccc(Cl)cc2Cl)c(C)c1NC(=S)NC(C)c1ccccc1. The standard InChI is InChI=1S/C21H22Cl2N4S/c1-13(16-7-5-4-6-8-16)24-21(28)25-20-14(2)26-27(15(20)3)12-17-9-10-18(22)11-19(17)23/h4-11,13H,12H2,1-3H3,(H2,24,25,28). The van der Waals surface area contributed by atoms with Gasteiger partial charge in [0.25, 0.3) is 0 Å². The van der Waals surface area contributed by atoms with Crippen LogP contribution in [0.3, 0.4) is 0 Å². The third kappa shape index (κ3) is 4.85. The molecule has 1 atom stereocenters. The van der Waals surface area contributed by atoms with Crippen LogP contribution < -0.4 is 10.6 Å². The molecule has 0 aliphatic rings. The van der Waals surface area contributed by atoms with E-state index in [0.29, 0.717) is 21.7 Å². The van der Waals surface area contributed by atoms with Crippen molar-refractivity contribution < 1.29 is 0 Å². The van der Waals surface area contributed by atoms with Crippen LogP contribution in [0.15, 0.2) is 48.5 Å².